The summed E-state index contributed by atoms with van der Waals surface area (Å²) in [7, 11) is 0. The summed E-state index contributed by atoms with van der Waals surface area (Å²) < 4.78 is 13.6. The lowest BCUT2D eigenvalue weighted by molar-refractivity contribution is 0.456. The predicted molar refractivity (Wildman–Crippen MR) is 87.3 cm³/mol. The maximum atomic E-state index is 13.6. The van der Waals surface area contributed by atoms with Gasteiger partial charge in [-0.2, -0.15) is 0 Å². The second-order valence-corrected chi connectivity index (χ2v) is 6.03. The van der Waals surface area contributed by atoms with Crippen molar-refractivity contribution in [2.24, 2.45) is 0 Å². The van der Waals surface area contributed by atoms with Crippen molar-refractivity contribution in [2.75, 3.05) is 0 Å². The minimum absolute atomic E-state index is 0.131. The molecule has 112 valence electrons. The second-order valence-electron chi connectivity index (χ2n) is 5.60. The number of hydrogen-bond donors (Lipinski definition) is 1. The van der Waals surface area contributed by atoms with Crippen LogP contribution in [-0.4, -0.2) is 12.1 Å². The van der Waals surface area contributed by atoms with Crippen LogP contribution in [0.4, 0.5) is 4.39 Å². The smallest absolute Gasteiger partial charge is 0.126 e. The van der Waals surface area contributed by atoms with Crippen LogP contribution in [0.15, 0.2) is 48.5 Å². The largest absolute Gasteiger partial charge is 0.311 e. The first-order valence-corrected chi connectivity index (χ1v) is 7.66. The Bertz CT molecular complexity index is 585. The third kappa shape index (κ3) is 5.14. The highest BCUT2D eigenvalue weighted by atomic mass is 35.5. The molecule has 0 bridgehead atoms. The van der Waals surface area contributed by atoms with Crippen molar-refractivity contribution < 1.29 is 4.39 Å². The Balaban J connectivity index is 1.87. The maximum absolute atomic E-state index is 13.6. The van der Waals surface area contributed by atoms with E-state index in [9.17, 15) is 4.39 Å². The van der Waals surface area contributed by atoms with E-state index in [2.05, 4.69) is 25.2 Å². The molecule has 0 aliphatic carbocycles. The molecule has 21 heavy (non-hydrogen) atoms. The van der Waals surface area contributed by atoms with E-state index in [-0.39, 0.29) is 11.9 Å². The highest BCUT2D eigenvalue weighted by Crippen LogP contribution is 2.13. The summed E-state index contributed by atoms with van der Waals surface area (Å²) in [6.45, 7) is 4.22. The first-order chi connectivity index (χ1) is 10.0. The molecular weight excluding hydrogens is 285 g/mol. The van der Waals surface area contributed by atoms with Gasteiger partial charge < -0.3 is 5.32 Å². The highest BCUT2D eigenvalue weighted by Gasteiger charge is 2.11. The first-order valence-electron chi connectivity index (χ1n) is 7.28. The molecule has 1 nitrogen and oxygen atoms in total. The van der Waals surface area contributed by atoms with Gasteiger partial charge in [-0.3, -0.25) is 0 Å². The van der Waals surface area contributed by atoms with E-state index in [4.69, 9.17) is 11.6 Å². The van der Waals surface area contributed by atoms with Crippen molar-refractivity contribution in [3.63, 3.8) is 0 Å². The van der Waals surface area contributed by atoms with E-state index < -0.39 is 0 Å². The van der Waals surface area contributed by atoms with E-state index in [1.807, 2.05) is 30.3 Å². The molecule has 2 unspecified atom stereocenters. The average molecular weight is 306 g/mol. The Labute approximate surface area is 131 Å². The van der Waals surface area contributed by atoms with Gasteiger partial charge >= 0.3 is 0 Å². The molecule has 0 radical (unpaired) electrons. The molecule has 2 rings (SSSR count). The van der Waals surface area contributed by atoms with Gasteiger partial charge in [0.25, 0.3) is 0 Å². The monoisotopic (exact) mass is 305 g/mol. The molecule has 2 atom stereocenters. The lowest BCUT2D eigenvalue weighted by Crippen LogP contribution is -2.37. The normalized spacial score (nSPS) is 13.9. The summed E-state index contributed by atoms with van der Waals surface area (Å²) in [6.07, 6.45) is 1.59. The molecule has 0 spiro atoms. The number of benzene rings is 2. The van der Waals surface area contributed by atoms with Crippen LogP contribution in [0.25, 0.3) is 0 Å². The number of halogens is 2. The Morgan fingerprint density at radius 3 is 2.43 bits per heavy atom. The molecule has 0 aliphatic heterocycles. The zero-order chi connectivity index (χ0) is 15.2. The van der Waals surface area contributed by atoms with Crippen molar-refractivity contribution >= 4 is 11.6 Å². The van der Waals surface area contributed by atoms with E-state index in [1.165, 1.54) is 11.6 Å². The standard InChI is InChI=1S/C18H21ClFN/c1-13(10-15-6-5-8-17(19)12-15)21-14(2)11-16-7-3-4-9-18(16)20/h3-9,12-14,21H,10-11H2,1-2H3. The van der Waals surface area contributed by atoms with Crippen molar-refractivity contribution in [1.29, 1.82) is 0 Å². The fourth-order valence-electron chi connectivity index (χ4n) is 2.61. The second kappa shape index (κ2) is 7.58. The summed E-state index contributed by atoms with van der Waals surface area (Å²) in [5.41, 5.74) is 1.97. The van der Waals surface area contributed by atoms with Crippen LogP contribution in [0.2, 0.25) is 5.02 Å². The molecule has 2 aromatic rings. The molecule has 0 saturated heterocycles. The van der Waals surface area contributed by atoms with Gasteiger partial charge in [-0.25, -0.2) is 4.39 Å². The Morgan fingerprint density at radius 2 is 1.71 bits per heavy atom. The van der Waals surface area contributed by atoms with Gasteiger partial charge in [-0.1, -0.05) is 41.9 Å². The first kappa shape index (κ1) is 16.0. The van der Waals surface area contributed by atoms with E-state index in [0.29, 0.717) is 12.5 Å². The SMILES string of the molecule is CC(Cc1cccc(Cl)c1)NC(C)Cc1ccccc1F. The van der Waals surface area contributed by atoms with Gasteiger partial charge in [0.15, 0.2) is 0 Å². The summed E-state index contributed by atoms with van der Waals surface area (Å²) in [5, 5.41) is 4.28. The zero-order valence-corrected chi connectivity index (χ0v) is 13.2. The van der Waals surface area contributed by atoms with Gasteiger partial charge in [-0.15, -0.1) is 0 Å². The topological polar surface area (TPSA) is 12.0 Å². The van der Waals surface area contributed by atoms with Gasteiger partial charge in [0.2, 0.25) is 0 Å². The predicted octanol–water partition coefficient (Wildman–Crippen LogP) is 4.63. The lowest BCUT2D eigenvalue weighted by Gasteiger charge is -2.20. The molecule has 0 amide bonds. The van der Waals surface area contributed by atoms with Crippen LogP contribution in [-0.2, 0) is 12.8 Å². The third-order valence-corrected chi connectivity index (χ3v) is 3.72. The maximum Gasteiger partial charge on any atom is 0.126 e. The molecule has 2 aromatic carbocycles. The van der Waals surface area contributed by atoms with Gasteiger partial charge in [0.05, 0.1) is 0 Å². The van der Waals surface area contributed by atoms with Gasteiger partial charge in [-0.05, 0) is 56.0 Å². The number of rotatable bonds is 6. The number of nitrogens with one attached hydrogen (secondary N) is 1. The van der Waals surface area contributed by atoms with Crippen LogP contribution in [0.5, 0.6) is 0 Å². The molecule has 0 fully saturated rings. The average Bonchev–Trinajstić information content (AvgIpc) is 2.41. The summed E-state index contributed by atoms with van der Waals surface area (Å²) >= 11 is 6.00. The summed E-state index contributed by atoms with van der Waals surface area (Å²) in [4.78, 5) is 0. The van der Waals surface area contributed by atoms with Gasteiger partial charge in [0, 0.05) is 17.1 Å². The van der Waals surface area contributed by atoms with Crippen LogP contribution >= 0.6 is 11.6 Å². The minimum Gasteiger partial charge on any atom is -0.311 e. The minimum atomic E-state index is -0.131. The Kier molecular flexibility index (Phi) is 5.77. The summed E-state index contributed by atoms with van der Waals surface area (Å²) in [6, 6.07) is 15.4. The van der Waals surface area contributed by atoms with Crippen molar-refractivity contribution in [2.45, 2.75) is 38.8 Å². The lowest BCUT2D eigenvalue weighted by atomic mass is 10.0. The molecule has 0 aromatic heterocycles. The third-order valence-electron chi connectivity index (χ3n) is 3.48. The van der Waals surface area contributed by atoms with Crippen LogP contribution in [0.1, 0.15) is 25.0 Å². The van der Waals surface area contributed by atoms with Crippen molar-refractivity contribution in [1.82, 2.24) is 5.32 Å². The van der Waals surface area contributed by atoms with Crippen molar-refractivity contribution in [3.8, 4) is 0 Å². The van der Waals surface area contributed by atoms with Gasteiger partial charge in [0.1, 0.15) is 5.82 Å². The zero-order valence-electron chi connectivity index (χ0n) is 12.4. The molecule has 1 N–H and O–H groups in total. The van der Waals surface area contributed by atoms with E-state index >= 15 is 0 Å². The fraction of sp³-hybridized carbons (Fsp3) is 0.333. The molecule has 3 heteroatoms. The molecule has 0 aliphatic rings. The van der Waals surface area contributed by atoms with Crippen LogP contribution in [0.3, 0.4) is 0 Å². The molecule has 0 saturated carbocycles. The highest BCUT2D eigenvalue weighted by molar-refractivity contribution is 6.30. The molecular formula is C18H21ClFN. The Hall–Kier alpha value is -1.38. The van der Waals surface area contributed by atoms with Crippen LogP contribution in [0, 0.1) is 5.82 Å². The summed E-state index contributed by atoms with van der Waals surface area (Å²) in [5.74, 6) is -0.131. The van der Waals surface area contributed by atoms with Crippen molar-refractivity contribution in [3.05, 3.63) is 70.5 Å². The van der Waals surface area contributed by atoms with E-state index in [0.717, 1.165) is 17.0 Å². The number of hydrogen-bond acceptors (Lipinski definition) is 1. The van der Waals surface area contributed by atoms with E-state index in [1.54, 1.807) is 6.07 Å². The fourth-order valence-corrected chi connectivity index (χ4v) is 2.83. The molecule has 0 heterocycles. The quantitative estimate of drug-likeness (QED) is 0.820. The van der Waals surface area contributed by atoms with Crippen LogP contribution < -0.4 is 5.32 Å². The Morgan fingerprint density at radius 1 is 1.00 bits per heavy atom.